The van der Waals surface area contributed by atoms with Crippen LogP contribution in [0.5, 0.6) is 5.75 Å². The summed E-state index contributed by atoms with van der Waals surface area (Å²) in [5.41, 5.74) is 2.26. The van der Waals surface area contributed by atoms with E-state index >= 15 is 0 Å². The summed E-state index contributed by atoms with van der Waals surface area (Å²) in [6.07, 6.45) is 0. The monoisotopic (exact) mass is 354 g/mol. The fraction of sp³-hybridized carbons (Fsp3) is 0.167. The van der Waals surface area contributed by atoms with Gasteiger partial charge in [-0.25, -0.2) is 9.97 Å². The smallest absolute Gasteiger partial charge is 0.271 e. The number of ether oxygens (including phenoxy) is 1. The number of rotatable bonds is 6. The minimum atomic E-state index is -0.218. The number of carbonyl (C=O) groups is 1. The van der Waals surface area contributed by atoms with Crippen LogP contribution in [0.3, 0.4) is 0 Å². The summed E-state index contributed by atoms with van der Waals surface area (Å²) in [5, 5.41) is 8.32. The van der Waals surface area contributed by atoms with Crippen LogP contribution in [0.1, 0.15) is 21.7 Å². The second-order valence-electron chi connectivity index (χ2n) is 5.36. The molecule has 0 saturated heterocycles. The van der Waals surface area contributed by atoms with Crippen LogP contribution in [0, 0.1) is 6.92 Å². The highest BCUT2D eigenvalue weighted by atomic mass is 32.1. The van der Waals surface area contributed by atoms with Crippen molar-refractivity contribution in [3.63, 3.8) is 0 Å². The van der Waals surface area contributed by atoms with Gasteiger partial charge in [-0.1, -0.05) is 18.2 Å². The van der Waals surface area contributed by atoms with Crippen molar-refractivity contribution in [1.82, 2.24) is 15.3 Å². The zero-order chi connectivity index (χ0) is 17.6. The Bertz CT molecular complexity index is 879. The highest BCUT2D eigenvalue weighted by Gasteiger charge is 2.11. The van der Waals surface area contributed by atoms with Gasteiger partial charge < -0.3 is 15.4 Å². The molecule has 2 heterocycles. The molecule has 3 aromatic rings. The molecular formula is C18H18N4O2S. The predicted molar refractivity (Wildman–Crippen MR) is 98.5 cm³/mol. The lowest BCUT2D eigenvalue weighted by molar-refractivity contribution is 0.0946. The van der Waals surface area contributed by atoms with Gasteiger partial charge in [0.05, 0.1) is 7.11 Å². The number of nitrogens with one attached hydrogen (secondary N) is 2. The van der Waals surface area contributed by atoms with Gasteiger partial charge in [-0.15, -0.1) is 11.3 Å². The normalized spacial score (nSPS) is 10.3. The molecule has 0 saturated carbocycles. The number of aromatic nitrogens is 2. The fourth-order valence-electron chi connectivity index (χ4n) is 2.21. The molecule has 7 heteroatoms. The molecule has 128 valence electrons. The Hall–Kier alpha value is -2.93. The summed E-state index contributed by atoms with van der Waals surface area (Å²) in [5.74, 6) is 1.25. The van der Waals surface area contributed by atoms with Crippen LogP contribution in [0.25, 0.3) is 0 Å². The molecule has 0 aliphatic rings. The number of carbonyl (C=O) groups excluding carboxylic acids is 1. The second-order valence-corrected chi connectivity index (χ2v) is 6.22. The van der Waals surface area contributed by atoms with Gasteiger partial charge in [-0.3, -0.25) is 4.79 Å². The molecule has 0 radical (unpaired) electrons. The molecule has 25 heavy (non-hydrogen) atoms. The Morgan fingerprint density at radius 3 is 2.84 bits per heavy atom. The Morgan fingerprint density at radius 2 is 2.04 bits per heavy atom. The van der Waals surface area contributed by atoms with Crippen molar-refractivity contribution in [2.75, 3.05) is 12.4 Å². The van der Waals surface area contributed by atoms with Crippen LogP contribution in [-0.4, -0.2) is 23.0 Å². The summed E-state index contributed by atoms with van der Waals surface area (Å²) in [6, 6.07) is 13.3. The van der Waals surface area contributed by atoms with Gasteiger partial charge in [0.1, 0.15) is 17.3 Å². The maximum Gasteiger partial charge on any atom is 0.271 e. The standard InChI is InChI=1S/C18H18N4O2S/c1-12-5-3-8-16(20-12)22-18-21-15(11-25-18)17(23)19-10-13-6-4-7-14(9-13)24-2/h3-9,11H,10H2,1-2H3,(H,19,23)(H,20,21,22). The van der Waals surface area contributed by atoms with E-state index in [0.29, 0.717) is 23.2 Å². The molecule has 0 bridgehead atoms. The molecule has 0 atom stereocenters. The summed E-state index contributed by atoms with van der Waals surface area (Å²) in [4.78, 5) is 20.9. The Labute approximate surface area is 149 Å². The van der Waals surface area contributed by atoms with Gasteiger partial charge in [0.15, 0.2) is 5.13 Å². The van der Waals surface area contributed by atoms with Crippen molar-refractivity contribution in [3.05, 3.63) is 64.8 Å². The van der Waals surface area contributed by atoms with E-state index in [9.17, 15) is 4.79 Å². The number of hydrogen-bond donors (Lipinski definition) is 2. The third-order valence-electron chi connectivity index (χ3n) is 3.45. The molecule has 2 aromatic heterocycles. The van der Waals surface area contributed by atoms with Crippen LogP contribution < -0.4 is 15.4 Å². The predicted octanol–water partition coefficient (Wildman–Crippen LogP) is 3.53. The highest BCUT2D eigenvalue weighted by Crippen LogP contribution is 2.20. The third kappa shape index (κ3) is 4.54. The molecule has 0 spiro atoms. The van der Waals surface area contributed by atoms with Gasteiger partial charge in [-0.2, -0.15) is 0 Å². The number of pyridine rings is 1. The lowest BCUT2D eigenvalue weighted by Crippen LogP contribution is -2.23. The van der Waals surface area contributed by atoms with Gasteiger partial charge >= 0.3 is 0 Å². The van der Waals surface area contributed by atoms with E-state index in [1.54, 1.807) is 12.5 Å². The average Bonchev–Trinajstić information content (AvgIpc) is 3.08. The minimum absolute atomic E-state index is 0.218. The number of anilines is 2. The zero-order valence-corrected chi connectivity index (χ0v) is 14.8. The lowest BCUT2D eigenvalue weighted by Gasteiger charge is -2.05. The van der Waals surface area contributed by atoms with Crippen molar-refractivity contribution in [2.24, 2.45) is 0 Å². The van der Waals surface area contributed by atoms with E-state index < -0.39 is 0 Å². The summed E-state index contributed by atoms with van der Waals surface area (Å²) in [6.45, 7) is 2.33. The molecule has 2 N–H and O–H groups in total. The van der Waals surface area contributed by atoms with E-state index in [1.165, 1.54) is 11.3 Å². The van der Waals surface area contributed by atoms with Crippen LogP contribution in [0.2, 0.25) is 0 Å². The summed E-state index contributed by atoms with van der Waals surface area (Å²) >= 11 is 1.36. The van der Waals surface area contributed by atoms with E-state index in [1.807, 2.05) is 49.4 Å². The first-order valence-corrected chi connectivity index (χ1v) is 8.59. The van der Waals surface area contributed by atoms with E-state index in [0.717, 1.165) is 17.0 Å². The number of aryl methyl sites for hydroxylation is 1. The third-order valence-corrected chi connectivity index (χ3v) is 4.21. The molecule has 1 amide bonds. The van der Waals surface area contributed by atoms with Gasteiger partial charge in [0.25, 0.3) is 5.91 Å². The Morgan fingerprint density at radius 1 is 1.20 bits per heavy atom. The van der Waals surface area contributed by atoms with E-state index in [4.69, 9.17) is 4.74 Å². The van der Waals surface area contributed by atoms with Crippen molar-refractivity contribution >= 4 is 28.2 Å². The number of benzene rings is 1. The minimum Gasteiger partial charge on any atom is -0.497 e. The SMILES string of the molecule is COc1cccc(CNC(=O)c2csc(Nc3cccc(C)n3)n2)c1. The molecule has 0 fully saturated rings. The number of thiazole rings is 1. The van der Waals surface area contributed by atoms with Crippen molar-refractivity contribution < 1.29 is 9.53 Å². The number of hydrogen-bond acceptors (Lipinski definition) is 6. The lowest BCUT2D eigenvalue weighted by atomic mass is 10.2. The van der Waals surface area contributed by atoms with Gasteiger partial charge in [0, 0.05) is 17.6 Å². The largest absolute Gasteiger partial charge is 0.497 e. The second kappa shape index (κ2) is 7.76. The van der Waals surface area contributed by atoms with Crippen LogP contribution >= 0.6 is 11.3 Å². The Kier molecular flexibility index (Phi) is 5.25. The van der Waals surface area contributed by atoms with E-state index in [2.05, 4.69) is 20.6 Å². The number of amides is 1. The molecule has 3 rings (SSSR count). The van der Waals surface area contributed by atoms with Crippen LogP contribution in [0.15, 0.2) is 47.8 Å². The molecule has 0 aliphatic heterocycles. The first kappa shape index (κ1) is 16.9. The molecule has 0 unspecified atom stereocenters. The first-order valence-electron chi connectivity index (χ1n) is 7.71. The van der Waals surface area contributed by atoms with E-state index in [-0.39, 0.29) is 5.91 Å². The molecule has 1 aromatic carbocycles. The zero-order valence-electron chi connectivity index (χ0n) is 13.9. The summed E-state index contributed by atoms with van der Waals surface area (Å²) in [7, 11) is 1.62. The highest BCUT2D eigenvalue weighted by molar-refractivity contribution is 7.14. The number of methoxy groups -OCH3 is 1. The maximum atomic E-state index is 12.3. The van der Waals surface area contributed by atoms with Crippen LogP contribution in [0.4, 0.5) is 10.9 Å². The number of nitrogens with zero attached hydrogens (tertiary/aromatic N) is 2. The Balaban J connectivity index is 1.60. The topological polar surface area (TPSA) is 76.1 Å². The van der Waals surface area contributed by atoms with Crippen molar-refractivity contribution in [2.45, 2.75) is 13.5 Å². The molecule has 6 nitrogen and oxygen atoms in total. The van der Waals surface area contributed by atoms with Gasteiger partial charge in [0.2, 0.25) is 0 Å². The molecular weight excluding hydrogens is 336 g/mol. The molecule has 0 aliphatic carbocycles. The fourth-order valence-corrected chi connectivity index (χ4v) is 2.91. The first-order chi connectivity index (χ1) is 12.1. The summed E-state index contributed by atoms with van der Waals surface area (Å²) < 4.78 is 5.18. The van der Waals surface area contributed by atoms with Crippen molar-refractivity contribution in [1.29, 1.82) is 0 Å². The van der Waals surface area contributed by atoms with Crippen molar-refractivity contribution in [3.8, 4) is 5.75 Å². The maximum absolute atomic E-state index is 12.3. The average molecular weight is 354 g/mol. The quantitative estimate of drug-likeness (QED) is 0.708. The van der Waals surface area contributed by atoms with Crippen LogP contribution in [-0.2, 0) is 6.54 Å². The van der Waals surface area contributed by atoms with Gasteiger partial charge in [-0.05, 0) is 36.8 Å².